The van der Waals surface area contributed by atoms with Gasteiger partial charge in [0.25, 0.3) is 5.91 Å². The molecule has 24 heavy (non-hydrogen) atoms. The number of ketones is 1. The monoisotopic (exact) mass is 331 g/mol. The van der Waals surface area contributed by atoms with Gasteiger partial charge >= 0.3 is 5.97 Å². The second-order valence-corrected chi connectivity index (χ2v) is 6.42. The molecule has 0 atom stereocenters. The predicted molar refractivity (Wildman–Crippen MR) is 87.6 cm³/mol. The lowest BCUT2D eigenvalue weighted by molar-refractivity contribution is -0.137. The SMILES string of the molecule is O=C(O)CCC(=O)c1cc2c(cc1C1CCCCC1)OCC(=O)N2. The number of fused-ring (bicyclic) bond motifs is 1. The molecule has 1 aromatic rings. The van der Waals surface area contributed by atoms with Gasteiger partial charge in [0, 0.05) is 12.0 Å². The summed E-state index contributed by atoms with van der Waals surface area (Å²) in [6.45, 7) is -0.0244. The fraction of sp³-hybridized carbons (Fsp3) is 0.500. The summed E-state index contributed by atoms with van der Waals surface area (Å²) in [6.07, 6.45) is 5.26. The van der Waals surface area contributed by atoms with Gasteiger partial charge in [-0.25, -0.2) is 0 Å². The minimum atomic E-state index is -0.989. The number of hydrogen-bond donors (Lipinski definition) is 2. The topological polar surface area (TPSA) is 92.7 Å². The number of carboxylic acids is 1. The van der Waals surface area contributed by atoms with Crippen LogP contribution in [0.4, 0.5) is 5.69 Å². The number of Topliss-reactive ketones (excluding diaryl/α,β-unsaturated/α-hetero) is 1. The summed E-state index contributed by atoms with van der Waals surface area (Å²) >= 11 is 0. The molecule has 1 fully saturated rings. The molecule has 0 unspecified atom stereocenters. The lowest BCUT2D eigenvalue weighted by Gasteiger charge is -2.27. The minimum absolute atomic E-state index is 0.0244. The second-order valence-electron chi connectivity index (χ2n) is 6.42. The molecule has 3 rings (SSSR count). The maximum Gasteiger partial charge on any atom is 0.303 e. The Labute approximate surface area is 140 Å². The van der Waals surface area contributed by atoms with Crippen molar-refractivity contribution in [2.75, 3.05) is 11.9 Å². The average molecular weight is 331 g/mol. The van der Waals surface area contributed by atoms with E-state index in [2.05, 4.69) is 5.32 Å². The normalized spacial score (nSPS) is 17.6. The molecule has 6 heteroatoms. The molecular weight excluding hydrogens is 310 g/mol. The molecule has 1 aromatic carbocycles. The molecule has 0 spiro atoms. The number of carbonyl (C=O) groups is 3. The molecule has 6 nitrogen and oxygen atoms in total. The summed E-state index contributed by atoms with van der Waals surface area (Å²) in [4.78, 5) is 34.8. The molecule has 128 valence electrons. The number of carbonyl (C=O) groups excluding carboxylic acids is 2. The highest BCUT2D eigenvalue weighted by molar-refractivity contribution is 6.02. The summed E-state index contributed by atoms with van der Waals surface area (Å²) in [5.74, 6) is -0.561. The van der Waals surface area contributed by atoms with Crippen LogP contribution < -0.4 is 10.1 Å². The van der Waals surface area contributed by atoms with Crippen LogP contribution >= 0.6 is 0 Å². The number of carboxylic acid groups (broad SMARTS) is 1. The van der Waals surface area contributed by atoms with E-state index in [1.54, 1.807) is 6.07 Å². The third kappa shape index (κ3) is 3.58. The highest BCUT2D eigenvalue weighted by atomic mass is 16.5. The average Bonchev–Trinajstić information content (AvgIpc) is 2.59. The summed E-state index contributed by atoms with van der Waals surface area (Å²) in [5, 5.41) is 11.5. The summed E-state index contributed by atoms with van der Waals surface area (Å²) in [6, 6.07) is 3.51. The largest absolute Gasteiger partial charge is 0.482 e. The van der Waals surface area contributed by atoms with Gasteiger partial charge < -0.3 is 15.2 Å². The van der Waals surface area contributed by atoms with Crippen LogP contribution in [0.15, 0.2) is 12.1 Å². The fourth-order valence-corrected chi connectivity index (χ4v) is 3.49. The van der Waals surface area contributed by atoms with Gasteiger partial charge in [0.2, 0.25) is 0 Å². The fourth-order valence-electron chi connectivity index (χ4n) is 3.49. The third-order valence-electron chi connectivity index (χ3n) is 4.70. The van der Waals surface area contributed by atoms with Crippen LogP contribution in [0.2, 0.25) is 0 Å². The molecule has 1 aliphatic carbocycles. The molecule has 1 saturated carbocycles. The Morgan fingerprint density at radius 3 is 2.62 bits per heavy atom. The van der Waals surface area contributed by atoms with Crippen molar-refractivity contribution >= 4 is 23.3 Å². The van der Waals surface area contributed by atoms with Crippen LogP contribution in [-0.4, -0.2) is 29.4 Å². The van der Waals surface area contributed by atoms with Gasteiger partial charge in [-0.15, -0.1) is 0 Å². The number of ether oxygens (including phenoxy) is 1. The Kier molecular flexibility index (Phi) is 4.83. The standard InChI is InChI=1S/C18H21NO5/c20-15(6-7-18(22)23)13-8-14-16(24-10-17(21)19-14)9-12(13)11-4-2-1-3-5-11/h8-9,11H,1-7,10H2,(H,19,21)(H,22,23). The number of aliphatic carboxylic acids is 1. The number of benzene rings is 1. The Morgan fingerprint density at radius 1 is 1.17 bits per heavy atom. The first-order valence-corrected chi connectivity index (χ1v) is 8.40. The Balaban J connectivity index is 1.96. The lowest BCUT2D eigenvalue weighted by atomic mass is 9.80. The summed E-state index contributed by atoms with van der Waals surface area (Å²) in [7, 11) is 0. The van der Waals surface area contributed by atoms with Crippen molar-refractivity contribution in [2.24, 2.45) is 0 Å². The quantitative estimate of drug-likeness (QED) is 0.809. The van der Waals surface area contributed by atoms with Crippen molar-refractivity contribution in [1.82, 2.24) is 0 Å². The van der Waals surface area contributed by atoms with Gasteiger partial charge in [0.15, 0.2) is 12.4 Å². The zero-order valence-corrected chi connectivity index (χ0v) is 13.5. The number of rotatable bonds is 5. The van der Waals surface area contributed by atoms with Crippen LogP contribution in [0.5, 0.6) is 5.75 Å². The Bertz CT molecular complexity index is 676. The van der Waals surface area contributed by atoms with E-state index in [0.717, 1.165) is 31.2 Å². The first kappa shape index (κ1) is 16.5. The van der Waals surface area contributed by atoms with Gasteiger partial charge in [-0.05, 0) is 36.5 Å². The predicted octanol–water partition coefficient (Wildman–Crippen LogP) is 3.11. The maximum atomic E-state index is 12.6. The summed E-state index contributed by atoms with van der Waals surface area (Å²) < 4.78 is 5.48. The molecule has 1 heterocycles. The molecule has 0 radical (unpaired) electrons. The number of hydrogen-bond acceptors (Lipinski definition) is 4. The van der Waals surface area contributed by atoms with Crippen LogP contribution in [-0.2, 0) is 9.59 Å². The van der Waals surface area contributed by atoms with E-state index in [-0.39, 0.29) is 37.1 Å². The van der Waals surface area contributed by atoms with Crippen molar-refractivity contribution < 1.29 is 24.2 Å². The van der Waals surface area contributed by atoms with E-state index in [1.165, 1.54) is 6.42 Å². The van der Waals surface area contributed by atoms with Crippen molar-refractivity contribution in [2.45, 2.75) is 50.9 Å². The number of anilines is 1. The number of amides is 1. The van der Waals surface area contributed by atoms with E-state index in [0.29, 0.717) is 17.0 Å². The molecule has 2 N–H and O–H groups in total. The maximum absolute atomic E-state index is 12.6. The van der Waals surface area contributed by atoms with E-state index in [1.807, 2.05) is 6.07 Å². The molecule has 2 aliphatic rings. The zero-order valence-electron chi connectivity index (χ0n) is 13.5. The van der Waals surface area contributed by atoms with Crippen molar-refractivity contribution in [3.8, 4) is 5.75 Å². The molecule has 0 bridgehead atoms. The zero-order chi connectivity index (χ0) is 17.1. The first-order valence-electron chi connectivity index (χ1n) is 8.40. The van der Waals surface area contributed by atoms with Gasteiger partial charge in [0.1, 0.15) is 5.75 Å². The van der Waals surface area contributed by atoms with Gasteiger partial charge in [-0.1, -0.05) is 19.3 Å². The van der Waals surface area contributed by atoms with Crippen LogP contribution in [0.1, 0.15) is 66.8 Å². The minimum Gasteiger partial charge on any atom is -0.482 e. The third-order valence-corrected chi connectivity index (χ3v) is 4.70. The van der Waals surface area contributed by atoms with Gasteiger partial charge in [0.05, 0.1) is 12.1 Å². The Morgan fingerprint density at radius 2 is 1.92 bits per heavy atom. The lowest BCUT2D eigenvalue weighted by Crippen LogP contribution is -2.26. The molecule has 0 aromatic heterocycles. The van der Waals surface area contributed by atoms with Gasteiger partial charge in [-0.2, -0.15) is 0 Å². The van der Waals surface area contributed by atoms with E-state index in [9.17, 15) is 14.4 Å². The van der Waals surface area contributed by atoms with Crippen molar-refractivity contribution in [1.29, 1.82) is 0 Å². The van der Waals surface area contributed by atoms with Crippen molar-refractivity contribution in [3.63, 3.8) is 0 Å². The van der Waals surface area contributed by atoms with Gasteiger partial charge in [-0.3, -0.25) is 14.4 Å². The smallest absolute Gasteiger partial charge is 0.303 e. The van der Waals surface area contributed by atoms with E-state index in [4.69, 9.17) is 9.84 Å². The highest BCUT2D eigenvalue weighted by Crippen LogP contribution is 2.40. The second kappa shape index (κ2) is 7.03. The molecule has 1 aliphatic heterocycles. The van der Waals surface area contributed by atoms with E-state index < -0.39 is 5.97 Å². The van der Waals surface area contributed by atoms with Crippen LogP contribution in [0.25, 0.3) is 0 Å². The summed E-state index contributed by atoms with van der Waals surface area (Å²) in [5.41, 5.74) is 1.94. The number of nitrogens with one attached hydrogen (secondary N) is 1. The highest BCUT2D eigenvalue weighted by Gasteiger charge is 2.26. The van der Waals surface area contributed by atoms with Crippen LogP contribution in [0.3, 0.4) is 0 Å². The van der Waals surface area contributed by atoms with Crippen molar-refractivity contribution in [3.05, 3.63) is 23.3 Å². The molecular formula is C18H21NO5. The molecule has 1 amide bonds. The Hall–Kier alpha value is -2.37. The van der Waals surface area contributed by atoms with E-state index >= 15 is 0 Å². The molecule has 0 saturated heterocycles. The van der Waals surface area contributed by atoms with Crippen LogP contribution in [0, 0.1) is 0 Å². The first-order chi connectivity index (χ1) is 11.5.